The number of nitrogens with zero attached hydrogens (tertiary/aromatic N) is 2. The Balaban J connectivity index is 1.95. The fraction of sp³-hybridized carbons (Fsp3) is 0.733. The van der Waals surface area contributed by atoms with Crippen molar-refractivity contribution in [3.63, 3.8) is 0 Å². The fourth-order valence-electron chi connectivity index (χ4n) is 2.86. The molecule has 1 aromatic rings. The van der Waals surface area contributed by atoms with Crippen LogP contribution in [0, 0.1) is 19.8 Å². The largest absolute Gasteiger partial charge is 0.360 e. The number of sulfonamides is 1. The van der Waals surface area contributed by atoms with Crippen molar-refractivity contribution in [1.29, 1.82) is 0 Å². The molecule has 0 spiro atoms. The van der Waals surface area contributed by atoms with E-state index in [1.807, 2.05) is 18.7 Å². The van der Waals surface area contributed by atoms with Gasteiger partial charge in [-0.3, -0.25) is 4.79 Å². The quantitative estimate of drug-likeness (QED) is 0.877. The second-order valence-corrected chi connectivity index (χ2v) is 8.18. The maximum Gasteiger partial charge on any atom is 0.246 e. The molecule has 8 heteroatoms. The molecule has 1 aliphatic rings. The summed E-state index contributed by atoms with van der Waals surface area (Å²) >= 11 is 0. The molecule has 2 heterocycles. The molecule has 0 radical (unpaired) electrons. The minimum absolute atomic E-state index is 0.121. The molecule has 130 valence electrons. The zero-order chi connectivity index (χ0) is 17.2. The van der Waals surface area contributed by atoms with Crippen LogP contribution in [0.3, 0.4) is 0 Å². The molecule has 23 heavy (non-hydrogen) atoms. The number of aryl methyl sites for hydroxylation is 2. The summed E-state index contributed by atoms with van der Waals surface area (Å²) in [4.78, 5) is 14.0. The molecule has 7 nitrogen and oxygen atoms in total. The van der Waals surface area contributed by atoms with E-state index in [0.29, 0.717) is 49.7 Å². The van der Waals surface area contributed by atoms with Gasteiger partial charge in [-0.05, 0) is 32.6 Å². The minimum atomic E-state index is -3.64. The molecule has 1 fully saturated rings. The molecular formula is C15H25N3O4S. The summed E-state index contributed by atoms with van der Waals surface area (Å²) in [7, 11) is -3.64. The lowest BCUT2D eigenvalue weighted by Crippen LogP contribution is -2.46. The van der Waals surface area contributed by atoms with Crippen molar-refractivity contribution < 1.29 is 17.7 Å². The Morgan fingerprint density at radius 1 is 1.35 bits per heavy atom. The predicted octanol–water partition coefficient (Wildman–Crippen LogP) is 1.61. The van der Waals surface area contributed by atoms with Gasteiger partial charge < -0.3 is 9.42 Å². The highest BCUT2D eigenvalue weighted by Crippen LogP contribution is 2.21. The van der Waals surface area contributed by atoms with Crippen LogP contribution >= 0.6 is 0 Å². The molecule has 1 aromatic heterocycles. The number of likely N-dealkylation sites (tertiary alicyclic amines) is 1. The molecule has 0 aromatic carbocycles. The Morgan fingerprint density at radius 3 is 2.43 bits per heavy atom. The molecule has 2 rings (SSSR count). The van der Waals surface area contributed by atoms with E-state index < -0.39 is 10.0 Å². The molecule has 1 aliphatic heterocycles. The molecule has 0 atom stereocenters. The molecule has 1 amide bonds. The lowest BCUT2D eigenvalue weighted by Gasteiger charge is -2.32. The normalized spacial score (nSPS) is 17.0. The van der Waals surface area contributed by atoms with Gasteiger partial charge in [-0.2, -0.15) is 0 Å². The molecule has 0 saturated carbocycles. The summed E-state index contributed by atoms with van der Waals surface area (Å²) in [5.74, 6) is 0.768. The van der Waals surface area contributed by atoms with E-state index in [1.54, 1.807) is 13.8 Å². The zero-order valence-electron chi connectivity index (χ0n) is 14.1. The summed E-state index contributed by atoms with van der Waals surface area (Å²) in [6.07, 6.45) is 1.77. The Labute approximate surface area is 137 Å². The van der Waals surface area contributed by atoms with Crippen molar-refractivity contribution >= 4 is 15.9 Å². The SMILES string of the molecule is Cc1noc(C)c1S(=O)(=O)NC1CCN(C(=O)CC(C)C)CC1. The molecule has 1 N–H and O–H groups in total. The van der Waals surface area contributed by atoms with Crippen molar-refractivity contribution in [2.45, 2.75) is 57.9 Å². The number of aromatic nitrogens is 1. The first-order valence-corrected chi connectivity index (χ1v) is 9.42. The molecule has 0 aliphatic carbocycles. The van der Waals surface area contributed by atoms with E-state index >= 15 is 0 Å². The molecular weight excluding hydrogens is 318 g/mol. The Kier molecular flexibility index (Phi) is 5.46. The van der Waals surface area contributed by atoms with Gasteiger partial charge in [0.25, 0.3) is 0 Å². The highest BCUT2D eigenvalue weighted by Gasteiger charge is 2.30. The van der Waals surface area contributed by atoms with Crippen LogP contribution in [0.15, 0.2) is 9.42 Å². The van der Waals surface area contributed by atoms with Crippen molar-refractivity contribution in [3.05, 3.63) is 11.5 Å². The average molecular weight is 343 g/mol. The van der Waals surface area contributed by atoms with Gasteiger partial charge >= 0.3 is 0 Å². The minimum Gasteiger partial charge on any atom is -0.360 e. The highest BCUT2D eigenvalue weighted by atomic mass is 32.2. The number of amides is 1. The predicted molar refractivity (Wildman–Crippen MR) is 85.4 cm³/mol. The van der Waals surface area contributed by atoms with E-state index in [1.165, 1.54) is 0 Å². The Bertz CT molecular complexity index is 639. The third-order valence-electron chi connectivity index (χ3n) is 3.99. The third-order valence-corrected chi connectivity index (χ3v) is 5.75. The molecule has 0 unspecified atom stereocenters. The van der Waals surface area contributed by atoms with Gasteiger partial charge in [0.1, 0.15) is 10.6 Å². The van der Waals surface area contributed by atoms with Crippen LogP contribution in [0.4, 0.5) is 0 Å². The van der Waals surface area contributed by atoms with Gasteiger partial charge in [0.05, 0.1) is 0 Å². The maximum absolute atomic E-state index is 12.5. The van der Waals surface area contributed by atoms with Crippen LogP contribution in [0.25, 0.3) is 0 Å². The fourth-order valence-corrected chi connectivity index (χ4v) is 4.50. The van der Waals surface area contributed by atoms with E-state index in [0.717, 1.165) is 0 Å². The Hall–Kier alpha value is -1.41. The van der Waals surface area contributed by atoms with Gasteiger partial charge in [0.2, 0.25) is 15.9 Å². The van der Waals surface area contributed by atoms with Crippen LogP contribution in [0.2, 0.25) is 0 Å². The van der Waals surface area contributed by atoms with Crippen molar-refractivity contribution in [2.75, 3.05) is 13.1 Å². The van der Waals surface area contributed by atoms with Gasteiger partial charge in [-0.1, -0.05) is 19.0 Å². The van der Waals surface area contributed by atoms with Crippen molar-refractivity contribution in [2.24, 2.45) is 5.92 Å². The first-order chi connectivity index (χ1) is 10.7. The number of hydrogen-bond donors (Lipinski definition) is 1. The zero-order valence-corrected chi connectivity index (χ0v) is 14.9. The van der Waals surface area contributed by atoms with E-state index in [4.69, 9.17) is 4.52 Å². The summed E-state index contributed by atoms with van der Waals surface area (Å²) in [6, 6.07) is -0.170. The average Bonchev–Trinajstić information content (AvgIpc) is 2.78. The number of piperidine rings is 1. The monoisotopic (exact) mass is 343 g/mol. The van der Waals surface area contributed by atoms with Gasteiger partial charge in [0, 0.05) is 25.6 Å². The number of hydrogen-bond acceptors (Lipinski definition) is 5. The van der Waals surface area contributed by atoms with Crippen LogP contribution < -0.4 is 4.72 Å². The summed E-state index contributed by atoms with van der Waals surface area (Å²) < 4.78 is 32.6. The second-order valence-electron chi connectivity index (χ2n) is 6.53. The van der Waals surface area contributed by atoms with E-state index in [9.17, 15) is 13.2 Å². The second kappa shape index (κ2) is 7.00. The molecule has 0 bridgehead atoms. The van der Waals surface area contributed by atoms with Gasteiger partial charge in [0.15, 0.2) is 5.76 Å². The first kappa shape index (κ1) is 17.9. The maximum atomic E-state index is 12.5. The third kappa shape index (κ3) is 4.32. The first-order valence-electron chi connectivity index (χ1n) is 7.93. The summed E-state index contributed by atoms with van der Waals surface area (Å²) in [5.41, 5.74) is 0.361. The van der Waals surface area contributed by atoms with Gasteiger partial charge in [-0.15, -0.1) is 0 Å². The number of rotatable bonds is 5. The van der Waals surface area contributed by atoms with E-state index in [-0.39, 0.29) is 16.8 Å². The van der Waals surface area contributed by atoms with Crippen LogP contribution in [0.5, 0.6) is 0 Å². The lowest BCUT2D eigenvalue weighted by atomic mass is 10.0. The number of carbonyl (C=O) groups is 1. The topological polar surface area (TPSA) is 92.5 Å². The summed E-state index contributed by atoms with van der Waals surface area (Å²) in [6.45, 7) is 8.39. The number of nitrogens with one attached hydrogen (secondary N) is 1. The van der Waals surface area contributed by atoms with Crippen molar-refractivity contribution in [1.82, 2.24) is 14.8 Å². The lowest BCUT2D eigenvalue weighted by molar-refractivity contribution is -0.133. The van der Waals surface area contributed by atoms with Crippen LogP contribution in [-0.4, -0.2) is 43.5 Å². The Morgan fingerprint density at radius 2 is 1.96 bits per heavy atom. The van der Waals surface area contributed by atoms with Crippen LogP contribution in [0.1, 0.15) is 44.6 Å². The molecule has 1 saturated heterocycles. The van der Waals surface area contributed by atoms with Gasteiger partial charge in [-0.25, -0.2) is 13.1 Å². The summed E-state index contributed by atoms with van der Waals surface area (Å²) in [5, 5.41) is 3.69. The van der Waals surface area contributed by atoms with Crippen molar-refractivity contribution in [3.8, 4) is 0 Å². The van der Waals surface area contributed by atoms with E-state index in [2.05, 4.69) is 9.88 Å². The number of carbonyl (C=O) groups excluding carboxylic acids is 1. The standard InChI is InChI=1S/C15H25N3O4S/c1-10(2)9-14(19)18-7-5-13(6-8-18)17-23(20,21)15-11(3)16-22-12(15)4/h10,13,17H,5-9H2,1-4H3. The smallest absolute Gasteiger partial charge is 0.246 e. The highest BCUT2D eigenvalue weighted by molar-refractivity contribution is 7.89. The van der Waals surface area contributed by atoms with Crippen LogP contribution in [-0.2, 0) is 14.8 Å².